The van der Waals surface area contributed by atoms with E-state index in [1.54, 1.807) is 24.3 Å². The number of carbonyl (C=O) groups excluding carboxylic acids is 1. The van der Waals surface area contributed by atoms with Crippen molar-refractivity contribution in [1.29, 1.82) is 0 Å². The fourth-order valence-corrected chi connectivity index (χ4v) is 2.68. The standard InChI is InChI=1S/C18H13FN4O2/c1-10-5-6-14(19)13-8-15(22-16(10)13)18(24)21-12-4-2-3-11(7-12)17-20-9-25-23-17/h2-9,22H,1H3,(H,21,24). The number of fused-ring (bicyclic) bond motifs is 1. The van der Waals surface area contributed by atoms with Gasteiger partial charge in [0, 0.05) is 16.6 Å². The van der Waals surface area contributed by atoms with Crippen LogP contribution in [-0.4, -0.2) is 21.0 Å². The van der Waals surface area contributed by atoms with Crippen molar-refractivity contribution in [3.63, 3.8) is 0 Å². The van der Waals surface area contributed by atoms with E-state index >= 15 is 0 Å². The highest BCUT2D eigenvalue weighted by Crippen LogP contribution is 2.24. The summed E-state index contributed by atoms with van der Waals surface area (Å²) in [5.41, 5.74) is 3.06. The van der Waals surface area contributed by atoms with Crippen LogP contribution in [0.1, 0.15) is 16.1 Å². The van der Waals surface area contributed by atoms with Gasteiger partial charge < -0.3 is 14.8 Å². The molecule has 6 nitrogen and oxygen atoms in total. The number of hydrogen-bond acceptors (Lipinski definition) is 4. The second-order valence-corrected chi connectivity index (χ2v) is 5.63. The summed E-state index contributed by atoms with van der Waals surface area (Å²) in [6.07, 6.45) is 1.24. The van der Waals surface area contributed by atoms with E-state index in [1.807, 2.05) is 13.0 Å². The van der Waals surface area contributed by atoms with E-state index in [2.05, 4.69) is 20.4 Å². The molecule has 2 N–H and O–H groups in total. The van der Waals surface area contributed by atoms with Gasteiger partial charge in [0.1, 0.15) is 11.5 Å². The van der Waals surface area contributed by atoms with Crippen LogP contribution in [0.4, 0.5) is 10.1 Å². The molecule has 4 rings (SSSR count). The average Bonchev–Trinajstić information content (AvgIpc) is 3.28. The summed E-state index contributed by atoms with van der Waals surface area (Å²) in [6.45, 7) is 1.86. The molecule has 1 amide bonds. The van der Waals surface area contributed by atoms with E-state index in [4.69, 9.17) is 4.52 Å². The first-order valence-electron chi connectivity index (χ1n) is 7.58. The molecule has 0 atom stereocenters. The summed E-state index contributed by atoms with van der Waals surface area (Å²) in [6, 6.07) is 11.6. The molecule has 0 unspecified atom stereocenters. The molecular formula is C18H13FN4O2. The number of hydrogen-bond donors (Lipinski definition) is 2. The van der Waals surface area contributed by atoms with Gasteiger partial charge in [-0.25, -0.2) is 4.39 Å². The maximum Gasteiger partial charge on any atom is 0.272 e. The predicted octanol–water partition coefficient (Wildman–Crippen LogP) is 3.92. The molecule has 124 valence electrons. The minimum atomic E-state index is -0.366. The van der Waals surface area contributed by atoms with Gasteiger partial charge >= 0.3 is 0 Å². The van der Waals surface area contributed by atoms with E-state index in [0.717, 1.165) is 5.56 Å². The van der Waals surface area contributed by atoms with Gasteiger partial charge in [-0.3, -0.25) is 4.79 Å². The van der Waals surface area contributed by atoms with Crippen molar-refractivity contribution in [2.45, 2.75) is 6.92 Å². The maximum absolute atomic E-state index is 13.9. The fourth-order valence-electron chi connectivity index (χ4n) is 2.68. The smallest absolute Gasteiger partial charge is 0.272 e. The highest BCUT2D eigenvalue weighted by Gasteiger charge is 2.14. The van der Waals surface area contributed by atoms with Gasteiger partial charge in [0.2, 0.25) is 12.2 Å². The van der Waals surface area contributed by atoms with Gasteiger partial charge in [-0.1, -0.05) is 23.4 Å². The van der Waals surface area contributed by atoms with Crippen LogP contribution in [0.15, 0.2) is 53.4 Å². The molecule has 0 radical (unpaired) electrons. The van der Waals surface area contributed by atoms with Gasteiger partial charge in [-0.15, -0.1) is 0 Å². The van der Waals surface area contributed by atoms with Crippen LogP contribution in [0, 0.1) is 12.7 Å². The Kier molecular flexibility index (Phi) is 3.53. The van der Waals surface area contributed by atoms with Crippen LogP contribution in [0.5, 0.6) is 0 Å². The Bertz CT molecular complexity index is 1030. The summed E-state index contributed by atoms with van der Waals surface area (Å²) in [5, 5.41) is 6.94. The van der Waals surface area contributed by atoms with Crippen LogP contribution < -0.4 is 5.32 Å². The van der Waals surface area contributed by atoms with Gasteiger partial charge in [0.15, 0.2) is 0 Å². The van der Waals surface area contributed by atoms with Gasteiger partial charge in [-0.05, 0) is 36.8 Å². The Morgan fingerprint density at radius 1 is 1.24 bits per heavy atom. The number of anilines is 1. The Hall–Kier alpha value is -3.48. The highest BCUT2D eigenvalue weighted by molar-refractivity contribution is 6.06. The van der Waals surface area contributed by atoms with E-state index in [-0.39, 0.29) is 17.4 Å². The first kappa shape index (κ1) is 15.1. The zero-order chi connectivity index (χ0) is 17.4. The van der Waals surface area contributed by atoms with Crippen LogP contribution in [-0.2, 0) is 0 Å². The lowest BCUT2D eigenvalue weighted by atomic mass is 10.1. The number of rotatable bonds is 3. The first-order chi connectivity index (χ1) is 12.1. The number of aromatic amines is 1. The summed E-state index contributed by atoms with van der Waals surface area (Å²) >= 11 is 0. The van der Waals surface area contributed by atoms with Crippen molar-refractivity contribution < 1.29 is 13.7 Å². The van der Waals surface area contributed by atoms with Crippen molar-refractivity contribution in [3.8, 4) is 11.4 Å². The van der Waals surface area contributed by atoms with Crippen LogP contribution >= 0.6 is 0 Å². The van der Waals surface area contributed by atoms with Crippen molar-refractivity contribution in [2.24, 2.45) is 0 Å². The number of benzene rings is 2. The third-order valence-corrected chi connectivity index (χ3v) is 3.93. The molecule has 2 aromatic carbocycles. The largest absolute Gasteiger partial charge is 0.350 e. The number of aromatic nitrogens is 3. The number of aryl methyl sites for hydroxylation is 1. The molecule has 0 aliphatic heterocycles. The Labute approximate surface area is 141 Å². The number of carbonyl (C=O) groups is 1. The van der Waals surface area contributed by atoms with Crippen LogP contribution in [0.2, 0.25) is 0 Å². The molecule has 25 heavy (non-hydrogen) atoms. The SMILES string of the molecule is Cc1ccc(F)c2cc(C(=O)Nc3cccc(-c4ncon4)c3)[nH]c12. The van der Waals surface area contributed by atoms with E-state index in [9.17, 15) is 9.18 Å². The fraction of sp³-hybridized carbons (Fsp3) is 0.0556. The van der Waals surface area contributed by atoms with E-state index < -0.39 is 0 Å². The summed E-state index contributed by atoms with van der Waals surface area (Å²) in [5.74, 6) is -0.297. The highest BCUT2D eigenvalue weighted by atomic mass is 19.1. The third-order valence-electron chi connectivity index (χ3n) is 3.93. The molecule has 0 aliphatic carbocycles. The second-order valence-electron chi connectivity index (χ2n) is 5.63. The van der Waals surface area contributed by atoms with Crippen LogP contribution in [0.25, 0.3) is 22.3 Å². The number of nitrogens with one attached hydrogen (secondary N) is 2. The molecule has 0 saturated heterocycles. The minimum absolute atomic E-state index is 0.285. The monoisotopic (exact) mass is 336 g/mol. The number of halogens is 1. The molecule has 0 aliphatic rings. The maximum atomic E-state index is 13.9. The molecule has 4 aromatic rings. The summed E-state index contributed by atoms with van der Waals surface area (Å²) in [7, 11) is 0. The van der Waals surface area contributed by atoms with Crippen molar-refractivity contribution in [1.82, 2.24) is 15.1 Å². The molecule has 2 aromatic heterocycles. The Morgan fingerprint density at radius 2 is 2.12 bits per heavy atom. The number of nitrogens with zero attached hydrogens (tertiary/aromatic N) is 2. The third kappa shape index (κ3) is 2.76. The molecule has 7 heteroatoms. The van der Waals surface area contributed by atoms with Crippen LogP contribution in [0.3, 0.4) is 0 Å². The van der Waals surface area contributed by atoms with Crippen molar-refractivity contribution in [3.05, 3.63) is 65.9 Å². The lowest BCUT2D eigenvalue weighted by Crippen LogP contribution is -2.12. The molecule has 0 saturated carbocycles. The zero-order valence-corrected chi connectivity index (χ0v) is 13.2. The van der Waals surface area contributed by atoms with E-state index in [0.29, 0.717) is 28.0 Å². The molecule has 0 spiro atoms. The quantitative estimate of drug-likeness (QED) is 0.594. The normalized spacial score (nSPS) is 11.0. The number of H-pyrrole nitrogens is 1. The Balaban J connectivity index is 1.63. The zero-order valence-electron chi connectivity index (χ0n) is 13.2. The molecule has 0 fully saturated rings. The molecular weight excluding hydrogens is 323 g/mol. The predicted molar refractivity (Wildman–Crippen MR) is 90.7 cm³/mol. The van der Waals surface area contributed by atoms with Gasteiger partial charge in [0.25, 0.3) is 5.91 Å². The lowest BCUT2D eigenvalue weighted by molar-refractivity contribution is 0.102. The average molecular weight is 336 g/mol. The lowest BCUT2D eigenvalue weighted by Gasteiger charge is -2.05. The summed E-state index contributed by atoms with van der Waals surface area (Å²) in [4.78, 5) is 19.4. The van der Waals surface area contributed by atoms with Gasteiger partial charge in [-0.2, -0.15) is 4.98 Å². The Morgan fingerprint density at radius 3 is 2.88 bits per heavy atom. The summed E-state index contributed by atoms with van der Waals surface area (Å²) < 4.78 is 18.6. The minimum Gasteiger partial charge on any atom is -0.350 e. The molecule has 2 heterocycles. The van der Waals surface area contributed by atoms with E-state index in [1.165, 1.54) is 18.5 Å². The second kappa shape index (κ2) is 5.86. The van der Waals surface area contributed by atoms with Crippen molar-refractivity contribution in [2.75, 3.05) is 5.32 Å². The molecule has 0 bridgehead atoms. The van der Waals surface area contributed by atoms with Crippen molar-refractivity contribution >= 4 is 22.5 Å². The van der Waals surface area contributed by atoms with Gasteiger partial charge in [0.05, 0.1) is 5.52 Å². The number of amides is 1. The topological polar surface area (TPSA) is 83.8 Å². The first-order valence-corrected chi connectivity index (χ1v) is 7.58.